The van der Waals surface area contributed by atoms with Crippen molar-refractivity contribution in [1.29, 1.82) is 0 Å². The van der Waals surface area contributed by atoms with Gasteiger partial charge in [-0.3, -0.25) is 9.69 Å². The van der Waals surface area contributed by atoms with Crippen LogP contribution < -0.4 is 5.32 Å². The molecule has 3 fully saturated rings. The van der Waals surface area contributed by atoms with Crippen LogP contribution in [0.3, 0.4) is 0 Å². The number of fused-ring (bicyclic) bond motifs is 2. The third-order valence-corrected chi connectivity index (χ3v) is 5.43. The molecule has 4 unspecified atom stereocenters. The maximum atomic E-state index is 12.7. The SMILES string of the molecule is CC1CC(C(=O)N2CCC3CCC(C2)N3C)CCN1. The Kier molecular flexibility index (Phi) is 3.81. The Labute approximate surface area is 116 Å². The van der Waals surface area contributed by atoms with Crippen molar-refractivity contribution in [3.63, 3.8) is 0 Å². The number of likely N-dealkylation sites (N-methyl/N-ethyl adjacent to an activating group) is 1. The lowest BCUT2D eigenvalue weighted by atomic mass is 9.91. The lowest BCUT2D eigenvalue weighted by Crippen LogP contribution is -2.46. The van der Waals surface area contributed by atoms with Crippen LogP contribution in [0.15, 0.2) is 0 Å². The molecule has 0 aromatic carbocycles. The molecule has 19 heavy (non-hydrogen) atoms. The monoisotopic (exact) mass is 265 g/mol. The molecule has 1 N–H and O–H groups in total. The van der Waals surface area contributed by atoms with E-state index in [0.717, 1.165) is 38.5 Å². The summed E-state index contributed by atoms with van der Waals surface area (Å²) in [5, 5.41) is 3.44. The van der Waals surface area contributed by atoms with Crippen molar-refractivity contribution < 1.29 is 4.79 Å². The second kappa shape index (κ2) is 5.41. The average molecular weight is 265 g/mol. The van der Waals surface area contributed by atoms with E-state index >= 15 is 0 Å². The van der Waals surface area contributed by atoms with Crippen molar-refractivity contribution in [2.45, 2.75) is 57.2 Å². The van der Waals surface area contributed by atoms with Crippen LogP contribution in [0.1, 0.15) is 39.0 Å². The number of carbonyl (C=O) groups is 1. The molecule has 3 aliphatic rings. The van der Waals surface area contributed by atoms with Crippen molar-refractivity contribution in [2.24, 2.45) is 5.92 Å². The van der Waals surface area contributed by atoms with Crippen LogP contribution in [0.5, 0.6) is 0 Å². The Balaban J connectivity index is 1.64. The van der Waals surface area contributed by atoms with E-state index in [1.54, 1.807) is 0 Å². The molecule has 2 bridgehead atoms. The van der Waals surface area contributed by atoms with Crippen LogP contribution in [0.25, 0.3) is 0 Å². The van der Waals surface area contributed by atoms with Gasteiger partial charge in [0.05, 0.1) is 0 Å². The number of carbonyl (C=O) groups excluding carboxylic acids is 1. The van der Waals surface area contributed by atoms with Crippen molar-refractivity contribution in [3.8, 4) is 0 Å². The van der Waals surface area contributed by atoms with Gasteiger partial charge < -0.3 is 10.2 Å². The first-order valence-electron chi connectivity index (χ1n) is 7.89. The van der Waals surface area contributed by atoms with Crippen LogP contribution in [0.2, 0.25) is 0 Å². The van der Waals surface area contributed by atoms with Crippen molar-refractivity contribution in [2.75, 3.05) is 26.7 Å². The maximum absolute atomic E-state index is 12.7. The highest BCUT2D eigenvalue weighted by Gasteiger charge is 2.37. The van der Waals surface area contributed by atoms with E-state index in [0.29, 0.717) is 18.0 Å². The zero-order chi connectivity index (χ0) is 13.4. The number of rotatable bonds is 1. The largest absolute Gasteiger partial charge is 0.341 e. The summed E-state index contributed by atoms with van der Waals surface area (Å²) in [6, 6.07) is 1.82. The molecule has 0 spiro atoms. The predicted molar refractivity (Wildman–Crippen MR) is 76.0 cm³/mol. The van der Waals surface area contributed by atoms with E-state index in [-0.39, 0.29) is 5.92 Å². The van der Waals surface area contributed by atoms with Gasteiger partial charge in [0, 0.05) is 37.1 Å². The number of nitrogens with one attached hydrogen (secondary N) is 1. The summed E-state index contributed by atoms with van der Waals surface area (Å²) in [4.78, 5) is 17.4. The van der Waals surface area contributed by atoms with E-state index in [2.05, 4.69) is 29.1 Å². The third kappa shape index (κ3) is 2.65. The van der Waals surface area contributed by atoms with Gasteiger partial charge in [-0.25, -0.2) is 0 Å². The first-order chi connectivity index (χ1) is 9.15. The topological polar surface area (TPSA) is 35.6 Å². The second-order valence-corrected chi connectivity index (χ2v) is 6.70. The first kappa shape index (κ1) is 13.4. The Bertz CT molecular complexity index is 346. The zero-order valence-corrected chi connectivity index (χ0v) is 12.3. The van der Waals surface area contributed by atoms with Crippen molar-refractivity contribution in [1.82, 2.24) is 15.1 Å². The Morgan fingerprint density at radius 1 is 1.16 bits per heavy atom. The lowest BCUT2D eigenvalue weighted by molar-refractivity contribution is -0.137. The molecule has 3 rings (SSSR count). The van der Waals surface area contributed by atoms with Gasteiger partial charge in [-0.2, -0.15) is 0 Å². The van der Waals surface area contributed by atoms with Gasteiger partial charge in [0.1, 0.15) is 0 Å². The fraction of sp³-hybridized carbons (Fsp3) is 0.933. The van der Waals surface area contributed by atoms with E-state index in [4.69, 9.17) is 0 Å². The summed E-state index contributed by atoms with van der Waals surface area (Å²) in [5.41, 5.74) is 0. The highest BCUT2D eigenvalue weighted by Crippen LogP contribution is 2.30. The minimum atomic E-state index is 0.262. The van der Waals surface area contributed by atoms with Crippen LogP contribution >= 0.6 is 0 Å². The summed E-state index contributed by atoms with van der Waals surface area (Å²) in [6.45, 7) is 5.13. The number of nitrogens with zero attached hydrogens (tertiary/aromatic N) is 2. The lowest BCUT2D eigenvalue weighted by Gasteiger charge is -2.33. The highest BCUT2D eigenvalue weighted by atomic mass is 16.2. The second-order valence-electron chi connectivity index (χ2n) is 6.70. The average Bonchev–Trinajstić information content (AvgIpc) is 2.62. The van der Waals surface area contributed by atoms with Gasteiger partial charge in [0.2, 0.25) is 5.91 Å². The summed E-state index contributed by atoms with van der Waals surface area (Å²) >= 11 is 0. The van der Waals surface area contributed by atoms with E-state index in [9.17, 15) is 4.79 Å². The fourth-order valence-electron chi connectivity index (χ4n) is 4.12. The molecule has 0 aromatic heterocycles. The fourth-order valence-corrected chi connectivity index (χ4v) is 4.12. The van der Waals surface area contributed by atoms with Crippen LogP contribution in [0, 0.1) is 5.92 Å². The standard InChI is InChI=1S/C15H27N3O/c1-11-9-12(5-7-16-11)15(19)18-8-6-13-3-4-14(10-18)17(13)2/h11-14,16H,3-10H2,1-2H3. The number of hydrogen-bond acceptors (Lipinski definition) is 3. The summed E-state index contributed by atoms with van der Waals surface area (Å²) < 4.78 is 0. The maximum Gasteiger partial charge on any atom is 0.225 e. The van der Waals surface area contributed by atoms with Gasteiger partial charge in [-0.15, -0.1) is 0 Å². The molecule has 0 saturated carbocycles. The smallest absolute Gasteiger partial charge is 0.225 e. The minimum absolute atomic E-state index is 0.262. The predicted octanol–water partition coefficient (Wildman–Crippen LogP) is 1.07. The van der Waals surface area contributed by atoms with Crippen LogP contribution in [-0.2, 0) is 4.79 Å². The van der Waals surface area contributed by atoms with E-state index in [1.807, 2.05) is 0 Å². The molecular weight excluding hydrogens is 238 g/mol. The van der Waals surface area contributed by atoms with Crippen LogP contribution in [0.4, 0.5) is 0 Å². The Hall–Kier alpha value is -0.610. The molecule has 3 aliphatic heterocycles. The molecule has 0 aliphatic carbocycles. The number of amides is 1. The molecule has 108 valence electrons. The van der Waals surface area contributed by atoms with E-state index in [1.165, 1.54) is 19.3 Å². The molecule has 4 nitrogen and oxygen atoms in total. The van der Waals surface area contributed by atoms with Gasteiger partial charge in [0.25, 0.3) is 0 Å². The van der Waals surface area contributed by atoms with Crippen molar-refractivity contribution in [3.05, 3.63) is 0 Å². The molecule has 3 saturated heterocycles. The highest BCUT2D eigenvalue weighted by molar-refractivity contribution is 5.79. The Morgan fingerprint density at radius 2 is 1.95 bits per heavy atom. The molecular formula is C15H27N3O. The molecule has 1 amide bonds. The van der Waals surface area contributed by atoms with Gasteiger partial charge in [-0.05, 0) is 52.6 Å². The Morgan fingerprint density at radius 3 is 2.74 bits per heavy atom. The first-order valence-corrected chi connectivity index (χ1v) is 7.89. The summed E-state index contributed by atoms with van der Waals surface area (Å²) in [6.07, 6.45) is 5.79. The molecule has 3 heterocycles. The molecule has 4 atom stereocenters. The number of hydrogen-bond donors (Lipinski definition) is 1. The normalized spacial score (nSPS) is 40.2. The quantitative estimate of drug-likeness (QED) is 0.770. The van der Waals surface area contributed by atoms with Crippen molar-refractivity contribution >= 4 is 5.91 Å². The summed E-state index contributed by atoms with van der Waals surface area (Å²) in [5.74, 6) is 0.687. The van der Waals surface area contributed by atoms with Crippen LogP contribution in [-0.4, -0.2) is 60.5 Å². The molecule has 0 radical (unpaired) electrons. The number of likely N-dealkylation sites (tertiary alicyclic amines) is 1. The van der Waals surface area contributed by atoms with Gasteiger partial charge in [-0.1, -0.05) is 0 Å². The van der Waals surface area contributed by atoms with Gasteiger partial charge >= 0.3 is 0 Å². The third-order valence-electron chi connectivity index (χ3n) is 5.43. The molecule has 4 heteroatoms. The minimum Gasteiger partial charge on any atom is -0.341 e. The molecule has 0 aromatic rings. The number of piperidine rings is 1. The zero-order valence-electron chi connectivity index (χ0n) is 12.3. The summed E-state index contributed by atoms with van der Waals surface area (Å²) in [7, 11) is 2.24. The van der Waals surface area contributed by atoms with E-state index < -0.39 is 0 Å². The van der Waals surface area contributed by atoms with Gasteiger partial charge in [0.15, 0.2) is 0 Å².